The van der Waals surface area contributed by atoms with Crippen molar-refractivity contribution in [2.45, 2.75) is 20.8 Å². The number of aromatic nitrogens is 2. The molecular weight excluding hydrogens is 304 g/mol. The first kappa shape index (κ1) is 13.7. The Morgan fingerprint density at radius 3 is 2.42 bits per heavy atom. The van der Waals surface area contributed by atoms with Gasteiger partial charge in [0.05, 0.1) is 5.71 Å². The highest BCUT2D eigenvalue weighted by Crippen LogP contribution is 2.16. The van der Waals surface area contributed by atoms with Gasteiger partial charge < -0.3 is 0 Å². The first-order valence-corrected chi connectivity index (χ1v) is 6.73. The zero-order valence-corrected chi connectivity index (χ0v) is 12.7. The van der Waals surface area contributed by atoms with Crippen LogP contribution in [-0.2, 0) is 0 Å². The number of anilines is 1. The minimum absolute atomic E-state index is 0.518. The lowest BCUT2D eigenvalue weighted by Gasteiger charge is -2.05. The Balaban J connectivity index is 2.20. The number of nitrogens with zero attached hydrogens (tertiary/aromatic N) is 3. The molecule has 1 aromatic carbocycles. The second-order valence-corrected chi connectivity index (χ2v) is 5.12. The smallest absolute Gasteiger partial charge is 0.243 e. The van der Waals surface area contributed by atoms with Crippen LogP contribution in [0.2, 0.25) is 0 Å². The van der Waals surface area contributed by atoms with E-state index in [1.165, 1.54) is 0 Å². The third-order valence-corrected chi connectivity index (χ3v) is 3.26. The lowest BCUT2D eigenvalue weighted by molar-refractivity contribution is 1.03. The third-order valence-electron chi connectivity index (χ3n) is 2.57. The highest BCUT2D eigenvalue weighted by atomic mass is 79.9. The zero-order valence-electron chi connectivity index (χ0n) is 11.1. The van der Waals surface area contributed by atoms with E-state index < -0.39 is 0 Å². The Morgan fingerprint density at radius 1 is 1.16 bits per heavy atom. The van der Waals surface area contributed by atoms with Crippen LogP contribution in [0, 0.1) is 13.8 Å². The maximum atomic E-state index is 4.32. The van der Waals surface area contributed by atoms with Crippen LogP contribution in [-0.4, -0.2) is 15.7 Å². The average Bonchev–Trinajstić information content (AvgIpc) is 2.35. The molecule has 0 amide bonds. The lowest BCUT2D eigenvalue weighted by atomic mass is 10.1. The van der Waals surface area contributed by atoms with Gasteiger partial charge in [-0.1, -0.05) is 34.1 Å². The Kier molecular flexibility index (Phi) is 4.27. The summed E-state index contributed by atoms with van der Waals surface area (Å²) in [5.41, 5.74) is 6.65. The van der Waals surface area contributed by atoms with Crippen molar-refractivity contribution in [3.8, 4) is 0 Å². The van der Waals surface area contributed by atoms with Crippen LogP contribution >= 0.6 is 15.9 Å². The highest BCUT2D eigenvalue weighted by Gasteiger charge is 2.03. The molecule has 2 aromatic rings. The molecule has 5 heteroatoms. The van der Waals surface area contributed by atoms with Gasteiger partial charge in [-0.2, -0.15) is 5.10 Å². The van der Waals surface area contributed by atoms with Crippen LogP contribution in [0.1, 0.15) is 23.9 Å². The SMILES string of the molecule is C/C(=N\Nc1nc(C)cc(C)n1)c1ccccc1Br. The molecule has 4 nitrogen and oxygen atoms in total. The molecule has 1 heterocycles. The molecule has 0 fully saturated rings. The Bertz CT molecular complexity index is 602. The molecule has 0 radical (unpaired) electrons. The summed E-state index contributed by atoms with van der Waals surface area (Å²) in [4.78, 5) is 8.56. The van der Waals surface area contributed by atoms with E-state index in [1.54, 1.807) is 0 Å². The van der Waals surface area contributed by atoms with Crippen LogP contribution in [0.25, 0.3) is 0 Å². The van der Waals surface area contributed by atoms with Gasteiger partial charge in [-0.05, 0) is 32.9 Å². The van der Waals surface area contributed by atoms with Gasteiger partial charge in [0.25, 0.3) is 0 Å². The second-order valence-electron chi connectivity index (χ2n) is 4.26. The zero-order chi connectivity index (χ0) is 13.8. The van der Waals surface area contributed by atoms with Crippen molar-refractivity contribution in [3.63, 3.8) is 0 Å². The number of halogens is 1. The number of benzene rings is 1. The maximum absolute atomic E-state index is 4.32. The number of hydrazone groups is 1. The van der Waals surface area contributed by atoms with Crippen molar-refractivity contribution in [1.29, 1.82) is 0 Å². The second kappa shape index (κ2) is 5.93. The fourth-order valence-corrected chi connectivity index (χ4v) is 2.30. The largest absolute Gasteiger partial charge is 0.245 e. The highest BCUT2D eigenvalue weighted by molar-refractivity contribution is 9.10. The average molecular weight is 319 g/mol. The summed E-state index contributed by atoms with van der Waals surface area (Å²) in [6, 6.07) is 9.87. The lowest BCUT2D eigenvalue weighted by Crippen LogP contribution is -2.04. The van der Waals surface area contributed by atoms with E-state index >= 15 is 0 Å². The van der Waals surface area contributed by atoms with Crippen LogP contribution in [0.15, 0.2) is 39.9 Å². The third kappa shape index (κ3) is 3.61. The first-order chi connectivity index (χ1) is 9.06. The number of aryl methyl sites for hydroxylation is 2. The maximum Gasteiger partial charge on any atom is 0.243 e. The first-order valence-electron chi connectivity index (χ1n) is 5.94. The van der Waals surface area contributed by atoms with Crippen molar-refractivity contribution >= 4 is 27.6 Å². The quantitative estimate of drug-likeness (QED) is 0.693. The molecule has 0 saturated heterocycles. The van der Waals surface area contributed by atoms with Crippen molar-refractivity contribution in [3.05, 3.63) is 51.8 Å². The normalized spacial score (nSPS) is 11.5. The Labute approximate surface area is 121 Å². The standard InChI is InChI=1S/C14H15BrN4/c1-9-8-10(2)17-14(16-9)19-18-11(3)12-6-4-5-7-13(12)15/h4-8H,1-3H3,(H,16,17,19)/b18-11+. The van der Waals surface area contributed by atoms with Crippen LogP contribution in [0.4, 0.5) is 5.95 Å². The van der Waals surface area contributed by atoms with E-state index in [0.717, 1.165) is 27.1 Å². The summed E-state index contributed by atoms with van der Waals surface area (Å²) in [6.45, 7) is 5.81. The van der Waals surface area contributed by atoms with E-state index in [0.29, 0.717) is 5.95 Å². The molecule has 0 saturated carbocycles. The van der Waals surface area contributed by atoms with Crippen LogP contribution in [0.3, 0.4) is 0 Å². The van der Waals surface area contributed by atoms with Crippen LogP contribution in [0.5, 0.6) is 0 Å². The van der Waals surface area contributed by atoms with Crippen molar-refractivity contribution in [2.75, 3.05) is 5.43 Å². The summed E-state index contributed by atoms with van der Waals surface area (Å²) < 4.78 is 1.01. The molecule has 1 aromatic heterocycles. The molecule has 98 valence electrons. The van der Waals surface area contributed by atoms with Crippen molar-refractivity contribution in [1.82, 2.24) is 9.97 Å². The monoisotopic (exact) mass is 318 g/mol. The topological polar surface area (TPSA) is 50.2 Å². The summed E-state index contributed by atoms with van der Waals surface area (Å²) >= 11 is 3.51. The van der Waals surface area contributed by atoms with Gasteiger partial charge in [0.1, 0.15) is 0 Å². The predicted octanol–water partition coefficient (Wildman–Crippen LogP) is 3.69. The number of hydrogen-bond donors (Lipinski definition) is 1. The summed E-state index contributed by atoms with van der Waals surface area (Å²) in [7, 11) is 0. The van der Waals surface area contributed by atoms with Crippen molar-refractivity contribution < 1.29 is 0 Å². The molecule has 0 atom stereocenters. The molecule has 0 aliphatic heterocycles. The summed E-state index contributed by atoms with van der Waals surface area (Å²) in [5, 5.41) is 4.32. The molecular formula is C14H15BrN4. The van der Waals surface area contributed by atoms with Crippen LogP contribution < -0.4 is 5.43 Å². The Morgan fingerprint density at radius 2 is 1.79 bits per heavy atom. The molecule has 0 spiro atoms. The minimum Gasteiger partial charge on any atom is -0.245 e. The summed E-state index contributed by atoms with van der Waals surface area (Å²) in [5.74, 6) is 0.518. The van der Waals surface area contributed by atoms with Crippen molar-refractivity contribution in [2.24, 2.45) is 5.10 Å². The van der Waals surface area contributed by atoms with Gasteiger partial charge in [-0.15, -0.1) is 0 Å². The fraction of sp³-hybridized carbons (Fsp3) is 0.214. The van der Waals surface area contributed by atoms with Gasteiger partial charge in [0.15, 0.2) is 0 Å². The molecule has 1 N–H and O–H groups in total. The van der Waals surface area contributed by atoms with Gasteiger partial charge in [0.2, 0.25) is 5.95 Å². The molecule has 0 aliphatic rings. The molecule has 0 aliphatic carbocycles. The van der Waals surface area contributed by atoms with E-state index in [2.05, 4.69) is 36.4 Å². The predicted molar refractivity (Wildman–Crippen MR) is 81.5 cm³/mol. The van der Waals surface area contributed by atoms with E-state index in [1.807, 2.05) is 51.1 Å². The molecule has 2 rings (SSSR count). The van der Waals surface area contributed by atoms with Gasteiger partial charge in [-0.25, -0.2) is 15.4 Å². The fourth-order valence-electron chi connectivity index (χ4n) is 1.72. The number of hydrogen-bond acceptors (Lipinski definition) is 4. The van der Waals surface area contributed by atoms with Gasteiger partial charge in [0, 0.05) is 21.4 Å². The van der Waals surface area contributed by atoms with E-state index in [-0.39, 0.29) is 0 Å². The number of rotatable bonds is 3. The van der Waals surface area contributed by atoms with E-state index in [4.69, 9.17) is 0 Å². The van der Waals surface area contributed by atoms with E-state index in [9.17, 15) is 0 Å². The number of nitrogens with one attached hydrogen (secondary N) is 1. The summed E-state index contributed by atoms with van der Waals surface area (Å²) in [6.07, 6.45) is 0. The van der Waals surface area contributed by atoms with Gasteiger partial charge >= 0.3 is 0 Å². The molecule has 19 heavy (non-hydrogen) atoms. The molecule has 0 bridgehead atoms. The minimum atomic E-state index is 0.518. The van der Waals surface area contributed by atoms with Gasteiger partial charge in [-0.3, -0.25) is 0 Å². The Hall–Kier alpha value is -1.75. The molecule has 0 unspecified atom stereocenters.